The Morgan fingerprint density at radius 3 is 2.56 bits per heavy atom. The monoisotopic (exact) mass is 520 g/mol. The third-order valence-electron chi connectivity index (χ3n) is 5.73. The van der Waals surface area contributed by atoms with Crippen molar-refractivity contribution in [1.82, 2.24) is 9.97 Å². The summed E-state index contributed by atoms with van der Waals surface area (Å²) in [5, 5.41) is 0.543. The predicted molar refractivity (Wildman–Crippen MR) is 131 cm³/mol. The molecule has 1 fully saturated rings. The second-order valence-electron chi connectivity index (χ2n) is 8.28. The summed E-state index contributed by atoms with van der Waals surface area (Å²) in [4.78, 5) is 8.70. The fourth-order valence-corrected chi connectivity index (χ4v) is 5.98. The molecule has 0 aliphatic heterocycles. The SMILES string of the molecule is [O-][S+](CC1CC1)c1ccc(Cc2nc3c(Cl)c(-c4ccccc4OC(F)F)c(Cl)cc3[nH]2)cc1. The normalized spacial score (nSPS) is 14.6. The Morgan fingerprint density at radius 1 is 1.12 bits per heavy atom. The minimum Gasteiger partial charge on any atom is -0.611 e. The number of ether oxygens (including phenoxy) is 1. The average molecular weight is 521 g/mol. The number of fused-ring (bicyclic) bond motifs is 1. The van der Waals surface area contributed by atoms with E-state index in [1.54, 1.807) is 24.3 Å². The lowest BCUT2D eigenvalue weighted by Crippen LogP contribution is -2.08. The van der Waals surface area contributed by atoms with Crippen LogP contribution in [0.1, 0.15) is 24.2 Å². The van der Waals surface area contributed by atoms with Crippen molar-refractivity contribution in [3.63, 3.8) is 0 Å². The highest BCUT2D eigenvalue weighted by atomic mass is 35.5. The van der Waals surface area contributed by atoms with Crippen LogP contribution in [-0.2, 0) is 17.6 Å². The van der Waals surface area contributed by atoms with Crippen LogP contribution in [0.4, 0.5) is 8.78 Å². The molecule has 5 rings (SSSR count). The Bertz CT molecular complexity index is 1330. The number of imidazole rings is 1. The molecule has 9 heteroatoms. The van der Waals surface area contributed by atoms with Gasteiger partial charge in [-0.25, -0.2) is 4.98 Å². The van der Waals surface area contributed by atoms with Gasteiger partial charge in [0, 0.05) is 23.5 Å². The first-order valence-electron chi connectivity index (χ1n) is 10.8. The fraction of sp³-hybridized carbons (Fsp3) is 0.240. The van der Waals surface area contributed by atoms with Crippen molar-refractivity contribution in [3.05, 3.63) is 76.0 Å². The highest BCUT2D eigenvalue weighted by molar-refractivity contribution is 7.91. The van der Waals surface area contributed by atoms with Gasteiger partial charge in [0.05, 0.1) is 15.6 Å². The Balaban J connectivity index is 1.43. The maximum absolute atomic E-state index is 12.9. The van der Waals surface area contributed by atoms with Crippen LogP contribution in [0.25, 0.3) is 22.2 Å². The number of para-hydroxylation sites is 1. The molecular weight excluding hydrogens is 501 g/mol. The third-order valence-corrected chi connectivity index (χ3v) is 7.97. The van der Waals surface area contributed by atoms with Crippen LogP contribution in [0.2, 0.25) is 10.0 Å². The predicted octanol–water partition coefficient (Wildman–Crippen LogP) is 7.25. The first kappa shape index (κ1) is 23.4. The zero-order chi connectivity index (χ0) is 23.8. The highest BCUT2D eigenvalue weighted by Gasteiger charge is 2.28. The molecule has 1 unspecified atom stereocenters. The van der Waals surface area contributed by atoms with E-state index in [0.717, 1.165) is 16.2 Å². The number of hydrogen-bond acceptors (Lipinski definition) is 3. The van der Waals surface area contributed by atoms with Crippen LogP contribution >= 0.6 is 23.2 Å². The van der Waals surface area contributed by atoms with Gasteiger partial charge in [0.2, 0.25) is 0 Å². The van der Waals surface area contributed by atoms with Gasteiger partial charge in [0.1, 0.15) is 22.8 Å². The number of hydrogen-bond donors (Lipinski definition) is 1. The Kier molecular flexibility index (Phi) is 6.71. The van der Waals surface area contributed by atoms with E-state index in [-0.39, 0.29) is 10.8 Å². The van der Waals surface area contributed by atoms with Crippen LogP contribution in [-0.4, -0.2) is 26.9 Å². The molecule has 1 aliphatic rings. The Labute approximate surface area is 208 Å². The van der Waals surface area contributed by atoms with Gasteiger partial charge in [-0.15, -0.1) is 0 Å². The zero-order valence-corrected chi connectivity index (χ0v) is 20.2. The number of rotatable bonds is 8. The van der Waals surface area contributed by atoms with E-state index >= 15 is 0 Å². The van der Waals surface area contributed by atoms with E-state index in [1.807, 2.05) is 24.3 Å². The number of alkyl halides is 2. The minimum absolute atomic E-state index is 0.0180. The summed E-state index contributed by atoms with van der Waals surface area (Å²) in [6.45, 7) is -2.98. The smallest absolute Gasteiger partial charge is 0.387 e. The molecule has 0 radical (unpaired) electrons. The molecule has 4 nitrogen and oxygen atoms in total. The molecule has 1 atom stereocenters. The standard InChI is InChI=1S/C25H20Cl2F2N2O2S/c26-18-12-19-24(23(27)22(18)17-3-1-2-4-20(17)33-25(28)29)31-21(30-19)11-14-7-9-16(10-8-14)34(32)13-15-5-6-15/h1-4,7-10,12,15,25H,5-6,11,13H2,(H,30,31). The molecule has 1 N–H and O–H groups in total. The van der Waals surface area contributed by atoms with Gasteiger partial charge in [-0.2, -0.15) is 8.78 Å². The summed E-state index contributed by atoms with van der Waals surface area (Å²) in [7, 11) is 0. The van der Waals surface area contributed by atoms with Crippen molar-refractivity contribution >= 4 is 45.4 Å². The quantitative estimate of drug-likeness (QED) is 0.249. The van der Waals surface area contributed by atoms with E-state index in [0.29, 0.717) is 45.3 Å². The highest BCUT2D eigenvalue weighted by Crippen LogP contribution is 2.43. The molecule has 1 saturated carbocycles. The fourth-order valence-electron chi connectivity index (χ4n) is 3.88. The van der Waals surface area contributed by atoms with Crippen LogP contribution in [0, 0.1) is 5.92 Å². The van der Waals surface area contributed by atoms with Crippen molar-refractivity contribution in [2.45, 2.75) is 30.8 Å². The second kappa shape index (κ2) is 9.74. The molecule has 1 aromatic heterocycles. The van der Waals surface area contributed by atoms with Crippen LogP contribution in [0.15, 0.2) is 59.5 Å². The van der Waals surface area contributed by atoms with Gasteiger partial charge in [-0.1, -0.05) is 53.5 Å². The Morgan fingerprint density at radius 2 is 1.85 bits per heavy atom. The summed E-state index contributed by atoms with van der Waals surface area (Å²) < 4.78 is 42.8. The number of aromatic amines is 1. The van der Waals surface area contributed by atoms with E-state index in [4.69, 9.17) is 23.2 Å². The first-order valence-corrected chi connectivity index (χ1v) is 12.8. The van der Waals surface area contributed by atoms with E-state index < -0.39 is 17.8 Å². The molecular formula is C25H20Cl2F2N2O2S. The van der Waals surface area contributed by atoms with Gasteiger partial charge in [0.15, 0.2) is 4.90 Å². The van der Waals surface area contributed by atoms with Crippen molar-refractivity contribution in [1.29, 1.82) is 0 Å². The van der Waals surface area contributed by atoms with Gasteiger partial charge < -0.3 is 14.3 Å². The molecule has 34 heavy (non-hydrogen) atoms. The Hall–Kier alpha value is -2.32. The minimum atomic E-state index is -2.98. The van der Waals surface area contributed by atoms with Crippen LogP contribution < -0.4 is 4.74 Å². The molecule has 1 aliphatic carbocycles. The van der Waals surface area contributed by atoms with E-state index in [1.165, 1.54) is 18.9 Å². The molecule has 3 aromatic carbocycles. The lowest BCUT2D eigenvalue weighted by Gasteiger charge is -2.13. The molecule has 0 spiro atoms. The number of H-pyrrole nitrogens is 1. The van der Waals surface area contributed by atoms with E-state index in [9.17, 15) is 13.3 Å². The first-order chi connectivity index (χ1) is 16.4. The molecule has 0 amide bonds. The number of benzene rings is 3. The summed E-state index contributed by atoms with van der Waals surface area (Å²) >= 11 is 12.2. The van der Waals surface area contributed by atoms with Crippen molar-refractivity contribution < 1.29 is 18.1 Å². The third kappa shape index (κ3) is 5.03. The number of nitrogens with one attached hydrogen (secondary N) is 1. The largest absolute Gasteiger partial charge is 0.611 e. The second-order valence-corrected chi connectivity index (χ2v) is 10.6. The molecule has 1 heterocycles. The average Bonchev–Trinajstić information content (AvgIpc) is 3.52. The number of halogens is 4. The number of aromatic nitrogens is 2. The molecule has 4 aromatic rings. The zero-order valence-electron chi connectivity index (χ0n) is 17.9. The summed E-state index contributed by atoms with van der Waals surface area (Å²) in [5.74, 6) is 1.99. The summed E-state index contributed by atoms with van der Waals surface area (Å²) in [5.41, 5.74) is 2.88. The lowest BCUT2D eigenvalue weighted by molar-refractivity contribution is -0.0494. The van der Waals surface area contributed by atoms with Crippen LogP contribution in [0.3, 0.4) is 0 Å². The topological polar surface area (TPSA) is 61.0 Å². The van der Waals surface area contributed by atoms with E-state index in [2.05, 4.69) is 14.7 Å². The van der Waals surface area contributed by atoms with Gasteiger partial charge in [0.25, 0.3) is 0 Å². The summed E-state index contributed by atoms with van der Waals surface area (Å²) in [6.07, 6.45) is 2.86. The van der Waals surface area contributed by atoms with Crippen LogP contribution in [0.5, 0.6) is 5.75 Å². The number of nitrogens with zero attached hydrogens (tertiary/aromatic N) is 1. The molecule has 0 saturated heterocycles. The van der Waals surface area contributed by atoms with Crippen molar-refractivity contribution in [2.24, 2.45) is 5.92 Å². The lowest BCUT2D eigenvalue weighted by atomic mass is 10.0. The van der Waals surface area contributed by atoms with Gasteiger partial charge >= 0.3 is 6.61 Å². The summed E-state index contributed by atoms with van der Waals surface area (Å²) in [6, 6.07) is 15.7. The molecule has 176 valence electrons. The van der Waals surface area contributed by atoms with Crippen molar-refractivity contribution in [3.8, 4) is 16.9 Å². The molecule has 0 bridgehead atoms. The maximum Gasteiger partial charge on any atom is 0.387 e. The van der Waals surface area contributed by atoms with Gasteiger partial charge in [-0.3, -0.25) is 0 Å². The van der Waals surface area contributed by atoms with Crippen molar-refractivity contribution in [2.75, 3.05) is 5.75 Å². The van der Waals surface area contributed by atoms with Gasteiger partial charge in [-0.05, 0) is 53.8 Å². The maximum atomic E-state index is 12.9.